The molecule has 1 aliphatic heterocycles. The lowest BCUT2D eigenvalue weighted by Gasteiger charge is -2.32. The van der Waals surface area contributed by atoms with E-state index in [2.05, 4.69) is 16.8 Å². The molecule has 1 unspecified atom stereocenters. The summed E-state index contributed by atoms with van der Waals surface area (Å²) in [7, 11) is 0. The minimum atomic E-state index is -1.04. The molecule has 0 saturated carbocycles. The summed E-state index contributed by atoms with van der Waals surface area (Å²) in [6, 6.07) is 9.27. The molecule has 1 N–H and O–H groups in total. The standard InChI is InChI=1S/C26H34N2O5/c1-4-32-24(29)16-28-12-9-20(10-13-28)14-18(2)17-33-21-7-8-22(19(3)15-21)23-6-5-11-27-25(23)26(30)31/h5-8,11,15,18,20H,4,9-10,12-14,16-17H2,1-3H3,(H,30,31). The van der Waals surface area contributed by atoms with E-state index in [0.29, 0.717) is 37.2 Å². The summed E-state index contributed by atoms with van der Waals surface area (Å²) in [6.45, 7) is 9.32. The number of pyridine rings is 1. The first-order valence-corrected chi connectivity index (χ1v) is 11.7. The van der Waals surface area contributed by atoms with Gasteiger partial charge in [0, 0.05) is 11.8 Å². The van der Waals surface area contributed by atoms with Crippen molar-refractivity contribution in [3.05, 3.63) is 47.8 Å². The monoisotopic (exact) mass is 454 g/mol. The first-order valence-electron chi connectivity index (χ1n) is 11.7. The number of carboxylic acids is 1. The van der Waals surface area contributed by atoms with Crippen LogP contribution in [0.25, 0.3) is 11.1 Å². The third-order valence-corrected chi connectivity index (χ3v) is 6.13. The number of hydrogen-bond donors (Lipinski definition) is 1. The highest BCUT2D eigenvalue weighted by Crippen LogP contribution is 2.30. The fraction of sp³-hybridized carbons (Fsp3) is 0.500. The van der Waals surface area contributed by atoms with Gasteiger partial charge in [-0.25, -0.2) is 9.78 Å². The highest BCUT2D eigenvalue weighted by Gasteiger charge is 2.23. The fourth-order valence-corrected chi connectivity index (χ4v) is 4.47. The molecule has 2 aromatic rings. The van der Waals surface area contributed by atoms with Crippen LogP contribution in [0.15, 0.2) is 36.5 Å². The first kappa shape index (κ1) is 24.7. The molecule has 1 aromatic heterocycles. The van der Waals surface area contributed by atoms with Crippen LogP contribution in [-0.4, -0.2) is 59.8 Å². The van der Waals surface area contributed by atoms with E-state index in [1.54, 1.807) is 12.1 Å². The van der Waals surface area contributed by atoms with Crippen LogP contribution in [0, 0.1) is 18.8 Å². The lowest BCUT2D eigenvalue weighted by atomic mass is 9.88. The van der Waals surface area contributed by atoms with E-state index in [4.69, 9.17) is 9.47 Å². The summed E-state index contributed by atoms with van der Waals surface area (Å²) in [6.07, 6.45) is 4.77. The zero-order valence-electron chi connectivity index (χ0n) is 19.8. The van der Waals surface area contributed by atoms with Gasteiger partial charge in [0.05, 0.1) is 19.8 Å². The Morgan fingerprint density at radius 3 is 2.64 bits per heavy atom. The molecule has 0 bridgehead atoms. The SMILES string of the molecule is CCOC(=O)CN1CCC(CC(C)COc2ccc(-c3cccnc3C(=O)O)c(C)c2)CC1. The van der Waals surface area contributed by atoms with Crippen molar-refractivity contribution in [3.8, 4) is 16.9 Å². The van der Waals surface area contributed by atoms with Crippen molar-refractivity contribution < 1.29 is 24.2 Å². The number of aromatic carboxylic acids is 1. The molecular formula is C26H34N2O5. The first-order chi connectivity index (χ1) is 15.9. The maximum atomic E-state index is 11.7. The van der Waals surface area contributed by atoms with Gasteiger partial charge in [-0.2, -0.15) is 0 Å². The van der Waals surface area contributed by atoms with Crippen molar-refractivity contribution in [2.45, 2.75) is 40.0 Å². The second-order valence-electron chi connectivity index (χ2n) is 8.86. The van der Waals surface area contributed by atoms with Crippen molar-refractivity contribution in [1.82, 2.24) is 9.88 Å². The molecule has 7 heteroatoms. The van der Waals surface area contributed by atoms with Gasteiger partial charge in [-0.15, -0.1) is 0 Å². The molecule has 1 aliphatic rings. The number of rotatable bonds is 10. The normalized spacial score (nSPS) is 15.7. The van der Waals surface area contributed by atoms with E-state index in [0.717, 1.165) is 49.2 Å². The molecule has 1 fully saturated rings. The third kappa shape index (κ3) is 7.02. The van der Waals surface area contributed by atoms with Crippen LogP contribution in [0.1, 0.15) is 49.2 Å². The highest BCUT2D eigenvalue weighted by molar-refractivity contribution is 5.94. The van der Waals surface area contributed by atoms with Crippen molar-refractivity contribution in [2.75, 3.05) is 32.8 Å². The number of piperidine rings is 1. The largest absolute Gasteiger partial charge is 0.493 e. The Labute approximate surface area is 195 Å². The van der Waals surface area contributed by atoms with E-state index in [1.807, 2.05) is 32.0 Å². The van der Waals surface area contributed by atoms with Gasteiger partial charge in [-0.3, -0.25) is 9.69 Å². The summed E-state index contributed by atoms with van der Waals surface area (Å²) >= 11 is 0. The van der Waals surface area contributed by atoms with Gasteiger partial charge in [-0.05, 0) is 87.4 Å². The fourth-order valence-electron chi connectivity index (χ4n) is 4.47. The number of carbonyl (C=O) groups is 2. The van der Waals surface area contributed by atoms with Crippen LogP contribution in [-0.2, 0) is 9.53 Å². The predicted octanol–water partition coefficient (Wildman–Crippen LogP) is 4.44. The summed E-state index contributed by atoms with van der Waals surface area (Å²) in [4.78, 5) is 29.3. The number of carboxylic acid groups (broad SMARTS) is 1. The lowest BCUT2D eigenvalue weighted by Crippen LogP contribution is -2.38. The average molecular weight is 455 g/mol. The Morgan fingerprint density at radius 1 is 1.21 bits per heavy atom. The van der Waals surface area contributed by atoms with Crippen LogP contribution in [0.3, 0.4) is 0 Å². The summed E-state index contributed by atoms with van der Waals surface area (Å²) in [5.41, 5.74) is 2.45. The molecule has 1 saturated heterocycles. The maximum absolute atomic E-state index is 11.7. The van der Waals surface area contributed by atoms with Crippen molar-refractivity contribution in [2.24, 2.45) is 11.8 Å². The molecule has 0 radical (unpaired) electrons. The smallest absolute Gasteiger partial charge is 0.355 e. The van der Waals surface area contributed by atoms with Gasteiger partial charge in [0.1, 0.15) is 5.75 Å². The number of carbonyl (C=O) groups excluding carboxylic acids is 1. The van der Waals surface area contributed by atoms with Gasteiger partial charge in [0.15, 0.2) is 5.69 Å². The Hall–Kier alpha value is -2.93. The minimum absolute atomic E-state index is 0.0520. The van der Waals surface area contributed by atoms with E-state index in [1.165, 1.54) is 6.20 Å². The second-order valence-corrected chi connectivity index (χ2v) is 8.86. The van der Waals surface area contributed by atoms with Gasteiger partial charge < -0.3 is 14.6 Å². The number of aromatic nitrogens is 1. The topological polar surface area (TPSA) is 89.0 Å². The minimum Gasteiger partial charge on any atom is -0.493 e. The predicted molar refractivity (Wildman–Crippen MR) is 126 cm³/mol. The van der Waals surface area contributed by atoms with Crippen LogP contribution in [0.5, 0.6) is 5.75 Å². The van der Waals surface area contributed by atoms with Crippen LogP contribution in [0.2, 0.25) is 0 Å². The number of ether oxygens (including phenoxy) is 2. The summed E-state index contributed by atoms with van der Waals surface area (Å²) in [5.74, 6) is 0.676. The van der Waals surface area contributed by atoms with Gasteiger partial charge in [0.25, 0.3) is 0 Å². The number of aryl methyl sites for hydroxylation is 1. The Morgan fingerprint density at radius 2 is 1.97 bits per heavy atom. The van der Waals surface area contributed by atoms with Crippen molar-refractivity contribution >= 4 is 11.9 Å². The Kier molecular flexibility index (Phi) is 8.83. The van der Waals surface area contributed by atoms with Gasteiger partial charge in [-0.1, -0.05) is 19.1 Å². The molecule has 0 aliphatic carbocycles. The molecular weight excluding hydrogens is 420 g/mol. The van der Waals surface area contributed by atoms with Crippen LogP contribution in [0.4, 0.5) is 0 Å². The third-order valence-electron chi connectivity index (χ3n) is 6.13. The number of nitrogens with zero attached hydrogens (tertiary/aromatic N) is 2. The van der Waals surface area contributed by atoms with Crippen LogP contribution >= 0.6 is 0 Å². The average Bonchev–Trinajstić information content (AvgIpc) is 2.79. The summed E-state index contributed by atoms with van der Waals surface area (Å²) < 4.78 is 11.1. The molecule has 3 rings (SSSR count). The van der Waals surface area contributed by atoms with Gasteiger partial charge >= 0.3 is 11.9 Å². The Balaban J connectivity index is 1.48. The molecule has 0 amide bonds. The molecule has 7 nitrogen and oxygen atoms in total. The Bertz CT molecular complexity index is 953. The van der Waals surface area contributed by atoms with Crippen molar-refractivity contribution in [3.63, 3.8) is 0 Å². The van der Waals surface area contributed by atoms with E-state index in [-0.39, 0.29) is 11.7 Å². The summed E-state index contributed by atoms with van der Waals surface area (Å²) in [5, 5.41) is 9.42. The molecule has 33 heavy (non-hydrogen) atoms. The second kappa shape index (κ2) is 11.8. The molecule has 2 heterocycles. The number of hydrogen-bond acceptors (Lipinski definition) is 6. The molecule has 178 valence electrons. The molecule has 1 atom stereocenters. The van der Waals surface area contributed by atoms with Crippen LogP contribution < -0.4 is 4.74 Å². The quantitative estimate of drug-likeness (QED) is 0.531. The number of benzene rings is 1. The zero-order valence-corrected chi connectivity index (χ0v) is 19.8. The van der Waals surface area contributed by atoms with E-state index in [9.17, 15) is 14.7 Å². The number of likely N-dealkylation sites (tertiary alicyclic amines) is 1. The lowest BCUT2D eigenvalue weighted by molar-refractivity contribution is -0.144. The van der Waals surface area contributed by atoms with Gasteiger partial charge in [0.2, 0.25) is 0 Å². The number of esters is 1. The zero-order chi connectivity index (χ0) is 23.8. The molecule has 1 aromatic carbocycles. The highest BCUT2D eigenvalue weighted by atomic mass is 16.5. The van der Waals surface area contributed by atoms with E-state index < -0.39 is 5.97 Å². The van der Waals surface area contributed by atoms with Crippen molar-refractivity contribution in [1.29, 1.82) is 0 Å². The maximum Gasteiger partial charge on any atom is 0.355 e. The van der Waals surface area contributed by atoms with E-state index >= 15 is 0 Å². The molecule has 0 spiro atoms.